The Morgan fingerprint density at radius 1 is 1.75 bits per heavy atom. The van der Waals surface area contributed by atoms with Crippen LogP contribution in [0, 0.1) is 0 Å². The Balaban J connectivity index is 0. The smallest absolute Gasteiger partial charge is 0.147 e. The molecule has 0 aromatic carbocycles. The molecule has 0 atom stereocenters. The molecule has 0 aromatic rings. The predicted molar refractivity (Wildman–Crippen MR) is 14.3 cm³/mol. The molecular weight excluding hydrogens is 119 g/mol. The Kier molecular flexibility index (Phi) is 20.4. The Morgan fingerprint density at radius 2 is 1.75 bits per heavy atom. The van der Waals surface area contributed by atoms with Gasteiger partial charge in [0, 0.05) is 0 Å². The van der Waals surface area contributed by atoms with Crippen molar-refractivity contribution in [2.45, 2.75) is 0 Å². The molecule has 0 aliphatic rings. The average Bonchev–Trinajstić information content (AvgIpc) is 0.918. The van der Waals surface area contributed by atoms with Crippen LogP contribution in [0.2, 0.25) is 0 Å². The zero-order valence-corrected chi connectivity index (χ0v) is 4.09. The molecule has 4 heavy (non-hydrogen) atoms. The molecule has 0 heterocycles. The van der Waals surface area contributed by atoms with Crippen LogP contribution in [0.15, 0.2) is 0 Å². The molecule has 0 aromatic heterocycles. The van der Waals surface area contributed by atoms with Crippen molar-refractivity contribution < 1.29 is 20.2 Å². The van der Waals surface area contributed by atoms with Gasteiger partial charge < -0.3 is 0 Å². The summed E-state index contributed by atoms with van der Waals surface area (Å²) >= 11 is 2.99. The molecule has 1 nitrogen and oxygen atoms in total. The van der Waals surface area contributed by atoms with E-state index in [4.69, 9.17) is 0 Å². The van der Waals surface area contributed by atoms with E-state index >= 15 is 0 Å². The molecule has 0 saturated carbocycles. The van der Waals surface area contributed by atoms with Crippen LogP contribution < -0.4 is 0 Å². The number of rotatable bonds is 0. The van der Waals surface area contributed by atoms with Gasteiger partial charge in [-0.2, -0.15) is 0 Å². The second-order valence-corrected chi connectivity index (χ2v) is 0.595. The molecule has 0 N–H and O–H groups in total. The van der Waals surface area contributed by atoms with Crippen molar-refractivity contribution in [1.82, 2.24) is 0 Å². The maximum absolute atomic E-state index is 4.00. The first kappa shape index (κ1) is 8.84. The van der Waals surface area contributed by atoms with Gasteiger partial charge in [-0.25, -0.2) is 0 Å². The van der Waals surface area contributed by atoms with Crippen molar-refractivity contribution in [3.8, 4) is 0 Å². The molecule has 3 heteroatoms. The third kappa shape index (κ3) is 14.6. The van der Waals surface area contributed by atoms with Gasteiger partial charge in [-0.05, 0) is 0 Å². The van der Waals surface area contributed by atoms with Gasteiger partial charge in [0.1, 0.15) is 0 Å². The summed E-state index contributed by atoms with van der Waals surface area (Å²) in [4.78, 5) is 0. The van der Waals surface area contributed by atoms with E-state index in [1.165, 1.54) is 7.11 Å². The fourth-order valence-electron chi connectivity index (χ4n) is 0. The minimum absolute atomic E-state index is 0. The van der Waals surface area contributed by atoms with Crippen LogP contribution in [0.4, 0.5) is 0 Å². The standard InChI is InChI=1S/CH3O.ClH.Fe/c1-2;;/h1H3;1H;/q-1;;+1. The third-order valence-corrected chi connectivity index (χ3v) is 0. The van der Waals surface area contributed by atoms with Crippen molar-refractivity contribution in [1.29, 1.82) is 0 Å². The van der Waals surface area contributed by atoms with Gasteiger partial charge in [0.25, 0.3) is 0 Å². The van der Waals surface area contributed by atoms with Gasteiger partial charge in [0.15, 0.2) is 0 Å². The Labute approximate surface area is 40.3 Å². The van der Waals surface area contributed by atoms with Crippen LogP contribution in [0.5, 0.6) is 0 Å². The molecule has 0 spiro atoms. The van der Waals surface area contributed by atoms with E-state index < -0.39 is 0 Å². The van der Waals surface area contributed by atoms with Crippen LogP contribution >= 0.6 is 12.4 Å². The SMILES string of the molecule is C[O][Fe].Cl. The van der Waals surface area contributed by atoms with E-state index in [0.717, 1.165) is 0 Å². The molecular formula is CH4ClFeO. The van der Waals surface area contributed by atoms with Crippen molar-refractivity contribution in [3.63, 3.8) is 0 Å². The third-order valence-electron chi connectivity index (χ3n) is 0. The van der Waals surface area contributed by atoms with E-state index in [0.29, 0.717) is 0 Å². The van der Waals surface area contributed by atoms with Gasteiger partial charge in [0.05, 0.1) is 0 Å². The molecule has 0 fully saturated rings. The first-order valence-corrected chi connectivity index (χ1v) is 1.00. The zero-order chi connectivity index (χ0) is 2.71. The second-order valence-electron chi connectivity index (χ2n) is 0.144. The Hall–Kier alpha value is 0.769. The van der Waals surface area contributed by atoms with Crippen molar-refractivity contribution in [2.75, 3.05) is 7.11 Å². The molecule has 0 radical (unpaired) electrons. The number of hydrogen-bond acceptors (Lipinski definition) is 1. The van der Waals surface area contributed by atoms with E-state index in [1.807, 2.05) is 0 Å². The quantitative estimate of drug-likeness (QED) is 0.427. The fraction of sp³-hybridized carbons (Fsp3) is 1.00. The largest absolute Gasteiger partial charge is 0.147 e. The summed E-state index contributed by atoms with van der Waals surface area (Å²) in [5.74, 6) is 0. The maximum atomic E-state index is 4.00. The molecule has 0 bridgehead atoms. The zero-order valence-electron chi connectivity index (χ0n) is 2.17. The Morgan fingerprint density at radius 3 is 1.75 bits per heavy atom. The van der Waals surface area contributed by atoms with Crippen LogP contribution in [-0.2, 0) is 20.2 Å². The molecule has 0 saturated heterocycles. The van der Waals surface area contributed by atoms with Crippen molar-refractivity contribution in [3.05, 3.63) is 0 Å². The van der Waals surface area contributed by atoms with E-state index in [9.17, 15) is 0 Å². The maximum Gasteiger partial charge on any atom is -0.147 e. The predicted octanol–water partition coefficient (Wildman–Crippen LogP) is 0.516. The van der Waals surface area contributed by atoms with Crippen LogP contribution in [0.1, 0.15) is 0 Å². The van der Waals surface area contributed by atoms with E-state index in [1.54, 1.807) is 0 Å². The van der Waals surface area contributed by atoms with E-state index in [2.05, 4.69) is 20.2 Å². The fourth-order valence-corrected chi connectivity index (χ4v) is 0. The van der Waals surface area contributed by atoms with Crippen LogP contribution in [-0.4, -0.2) is 7.11 Å². The average molecular weight is 123 g/mol. The topological polar surface area (TPSA) is 9.23 Å². The summed E-state index contributed by atoms with van der Waals surface area (Å²) < 4.78 is 4.00. The Bertz CT molecular complexity index is 8.00. The van der Waals surface area contributed by atoms with Crippen LogP contribution in [0.3, 0.4) is 0 Å². The first-order valence-electron chi connectivity index (χ1n) is 0.553. The summed E-state index contributed by atoms with van der Waals surface area (Å²) in [6, 6.07) is 0. The van der Waals surface area contributed by atoms with Gasteiger partial charge in [-0.3, -0.25) is 0 Å². The molecule has 0 aliphatic heterocycles. The van der Waals surface area contributed by atoms with E-state index in [-0.39, 0.29) is 12.4 Å². The minimum atomic E-state index is 0. The van der Waals surface area contributed by atoms with Crippen molar-refractivity contribution in [2.24, 2.45) is 0 Å². The summed E-state index contributed by atoms with van der Waals surface area (Å²) in [6.45, 7) is 0. The first-order chi connectivity index (χ1) is 1.41. The molecule has 0 unspecified atom stereocenters. The van der Waals surface area contributed by atoms with Gasteiger partial charge >= 0.3 is 27.3 Å². The number of halogens is 1. The van der Waals surface area contributed by atoms with Gasteiger partial charge in [-0.15, -0.1) is 12.4 Å². The molecule has 0 aliphatic carbocycles. The second kappa shape index (κ2) is 9.23. The van der Waals surface area contributed by atoms with Crippen LogP contribution in [0.25, 0.3) is 0 Å². The van der Waals surface area contributed by atoms with Gasteiger partial charge in [0.2, 0.25) is 0 Å². The summed E-state index contributed by atoms with van der Waals surface area (Å²) in [6.07, 6.45) is 0. The summed E-state index contributed by atoms with van der Waals surface area (Å²) in [5, 5.41) is 0. The normalized spacial score (nSPS) is 4.50. The number of hydrogen-bond donors (Lipinski definition) is 0. The summed E-state index contributed by atoms with van der Waals surface area (Å²) in [5.41, 5.74) is 0. The van der Waals surface area contributed by atoms with Crippen molar-refractivity contribution >= 4 is 12.4 Å². The molecule has 0 amide bonds. The molecule has 29 valence electrons. The molecule has 0 rings (SSSR count). The summed E-state index contributed by atoms with van der Waals surface area (Å²) in [7, 11) is 1.51. The minimum Gasteiger partial charge on any atom is -0.147 e. The van der Waals surface area contributed by atoms with Gasteiger partial charge in [-0.1, -0.05) is 0 Å². The monoisotopic (exact) mass is 123 g/mol.